The van der Waals surface area contributed by atoms with Gasteiger partial charge in [-0.3, -0.25) is 4.79 Å². The minimum atomic E-state index is -0.355. The first-order chi connectivity index (χ1) is 7.95. The number of amides is 1. The SMILES string of the molecule is CC(C)CC(C)(CN)NC(=O)Cn1cncn1. The molecular weight excluding hydrogens is 218 g/mol. The van der Waals surface area contributed by atoms with Gasteiger partial charge in [-0.1, -0.05) is 13.8 Å². The van der Waals surface area contributed by atoms with E-state index >= 15 is 0 Å². The number of hydrogen-bond acceptors (Lipinski definition) is 4. The summed E-state index contributed by atoms with van der Waals surface area (Å²) in [7, 11) is 0. The van der Waals surface area contributed by atoms with Gasteiger partial charge in [0.1, 0.15) is 19.2 Å². The maximum absolute atomic E-state index is 11.8. The minimum absolute atomic E-state index is 0.0934. The molecular formula is C11H21N5O. The van der Waals surface area contributed by atoms with Crippen molar-refractivity contribution in [1.82, 2.24) is 20.1 Å². The second-order valence-electron chi connectivity index (χ2n) is 5.00. The van der Waals surface area contributed by atoms with Gasteiger partial charge in [-0.15, -0.1) is 0 Å². The van der Waals surface area contributed by atoms with Crippen LogP contribution in [0.15, 0.2) is 12.7 Å². The fourth-order valence-corrected chi connectivity index (χ4v) is 1.92. The van der Waals surface area contributed by atoms with E-state index in [0.29, 0.717) is 12.5 Å². The number of aromatic nitrogens is 3. The Morgan fingerprint density at radius 3 is 2.76 bits per heavy atom. The zero-order valence-corrected chi connectivity index (χ0v) is 10.7. The van der Waals surface area contributed by atoms with Crippen molar-refractivity contribution in [3.63, 3.8) is 0 Å². The monoisotopic (exact) mass is 239 g/mol. The van der Waals surface area contributed by atoms with Gasteiger partial charge < -0.3 is 11.1 Å². The van der Waals surface area contributed by atoms with Crippen molar-refractivity contribution in [1.29, 1.82) is 0 Å². The second kappa shape index (κ2) is 5.77. The van der Waals surface area contributed by atoms with Gasteiger partial charge in [0.25, 0.3) is 0 Å². The highest BCUT2D eigenvalue weighted by atomic mass is 16.2. The van der Waals surface area contributed by atoms with Crippen LogP contribution in [0.1, 0.15) is 27.2 Å². The Morgan fingerprint density at radius 1 is 1.59 bits per heavy atom. The lowest BCUT2D eigenvalue weighted by Gasteiger charge is -2.31. The molecule has 1 rings (SSSR count). The number of nitrogens with two attached hydrogens (primary N) is 1. The molecule has 0 aliphatic heterocycles. The zero-order valence-electron chi connectivity index (χ0n) is 10.7. The van der Waals surface area contributed by atoms with E-state index in [1.54, 1.807) is 0 Å². The number of carbonyl (C=O) groups excluding carboxylic acids is 1. The lowest BCUT2D eigenvalue weighted by Crippen LogP contribution is -2.53. The van der Waals surface area contributed by atoms with Crippen LogP contribution in [0, 0.1) is 5.92 Å². The highest BCUT2D eigenvalue weighted by Gasteiger charge is 2.25. The first kappa shape index (κ1) is 13.6. The summed E-state index contributed by atoms with van der Waals surface area (Å²) >= 11 is 0. The summed E-state index contributed by atoms with van der Waals surface area (Å²) in [6.45, 7) is 6.78. The molecule has 6 nitrogen and oxygen atoms in total. The molecule has 0 bridgehead atoms. The molecule has 0 aromatic carbocycles. The summed E-state index contributed by atoms with van der Waals surface area (Å²) in [6.07, 6.45) is 3.78. The van der Waals surface area contributed by atoms with Crippen molar-refractivity contribution in [2.24, 2.45) is 11.7 Å². The van der Waals surface area contributed by atoms with Gasteiger partial charge in [0.05, 0.1) is 0 Å². The Bertz CT molecular complexity index is 349. The van der Waals surface area contributed by atoms with E-state index < -0.39 is 0 Å². The maximum Gasteiger partial charge on any atom is 0.242 e. The first-order valence-electron chi connectivity index (χ1n) is 5.79. The standard InChI is InChI=1S/C11H21N5O/c1-9(2)4-11(3,6-12)15-10(17)5-16-8-13-7-14-16/h7-9H,4-6,12H2,1-3H3,(H,15,17). The Kier molecular flexibility index (Phi) is 4.62. The van der Waals surface area contributed by atoms with Crippen molar-refractivity contribution >= 4 is 5.91 Å². The van der Waals surface area contributed by atoms with Gasteiger partial charge in [0.2, 0.25) is 5.91 Å². The fraction of sp³-hybridized carbons (Fsp3) is 0.727. The molecule has 0 saturated carbocycles. The lowest BCUT2D eigenvalue weighted by atomic mass is 9.91. The van der Waals surface area contributed by atoms with Gasteiger partial charge >= 0.3 is 0 Å². The third-order valence-corrected chi connectivity index (χ3v) is 2.52. The molecule has 1 atom stereocenters. The van der Waals surface area contributed by atoms with E-state index in [1.165, 1.54) is 17.3 Å². The van der Waals surface area contributed by atoms with Crippen LogP contribution in [-0.2, 0) is 11.3 Å². The quantitative estimate of drug-likeness (QED) is 0.740. The Morgan fingerprint density at radius 2 is 2.29 bits per heavy atom. The second-order valence-corrected chi connectivity index (χ2v) is 5.00. The van der Waals surface area contributed by atoms with Gasteiger partial charge in [0.15, 0.2) is 0 Å². The highest BCUT2D eigenvalue weighted by molar-refractivity contribution is 5.76. The molecule has 0 spiro atoms. The van der Waals surface area contributed by atoms with E-state index in [0.717, 1.165) is 6.42 Å². The number of hydrogen-bond donors (Lipinski definition) is 2. The summed E-state index contributed by atoms with van der Waals surface area (Å²) in [5.74, 6) is 0.388. The van der Waals surface area contributed by atoms with Crippen LogP contribution in [-0.4, -0.2) is 32.8 Å². The summed E-state index contributed by atoms with van der Waals surface area (Å²) in [5.41, 5.74) is 5.37. The number of carbonyl (C=O) groups is 1. The third-order valence-electron chi connectivity index (χ3n) is 2.52. The molecule has 1 heterocycles. The highest BCUT2D eigenvalue weighted by Crippen LogP contribution is 2.15. The summed E-state index contributed by atoms with van der Waals surface area (Å²) in [5, 5.41) is 6.85. The third kappa shape index (κ3) is 4.52. The molecule has 1 aromatic heterocycles. The first-order valence-corrected chi connectivity index (χ1v) is 5.79. The van der Waals surface area contributed by atoms with E-state index in [1.807, 2.05) is 6.92 Å². The van der Waals surface area contributed by atoms with Crippen molar-refractivity contribution in [3.8, 4) is 0 Å². The predicted molar refractivity (Wildman–Crippen MR) is 65.1 cm³/mol. The molecule has 6 heteroatoms. The van der Waals surface area contributed by atoms with Crippen LogP contribution in [0.25, 0.3) is 0 Å². The Labute approximate surface area is 102 Å². The molecule has 0 aliphatic rings. The topological polar surface area (TPSA) is 85.8 Å². The molecule has 0 saturated heterocycles. The van der Waals surface area contributed by atoms with Crippen molar-refractivity contribution < 1.29 is 4.79 Å². The number of rotatable bonds is 6. The van der Waals surface area contributed by atoms with E-state index in [2.05, 4.69) is 29.2 Å². The Balaban J connectivity index is 2.53. The van der Waals surface area contributed by atoms with Crippen LogP contribution >= 0.6 is 0 Å². The van der Waals surface area contributed by atoms with Gasteiger partial charge in [-0.25, -0.2) is 9.67 Å². The maximum atomic E-state index is 11.8. The molecule has 0 fully saturated rings. The van der Waals surface area contributed by atoms with Crippen LogP contribution in [0.3, 0.4) is 0 Å². The fourth-order valence-electron chi connectivity index (χ4n) is 1.92. The van der Waals surface area contributed by atoms with Gasteiger partial charge in [-0.2, -0.15) is 5.10 Å². The number of nitrogens with zero attached hydrogens (tertiary/aromatic N) is 3. The molecule has 3 N–H and O–H groups in total. The van der Waals surface area contributed by atoms with Gasteiger partial charge in [-0.05, 0) is 19.3 Å². The average Bonchev–Trinajstić information content (AvgIpc) is 2.68. The molecule has 0 radical (unpaired) electrons. The molecule has 0 aliphatic carbocycles. The molecule has 1 unspecified atom stereocenters. The van der Waals surface area contributed by atoms with Gasteiger partial charge in [0, 0.05) is 12.1 Å². The molecule has 1 aromatic rings. The minimum Gasteiger partial charge on any atom is -0.348 e. The van der Waals surface area contributed by atoms with E-state index in [9.17, 15) is 4.79 Å². The average molecular weight is 239 g/mol. The molecule has 96 valence electrons. The summed E-state index contributed by atoms with van der Waals surface area (Å²) < 4.78 is 1.49. The zero-order chi connectivity index (χ0) is 12.9. The number of nitrogens with one attached hydrogen (secondary N) is 1. The van der Waals surface area contributed by atoms with Crippen LogP contribution in [0.5, 0.6) is 0 Å². The normalized spacial score (nSPS) is 14.6. The van der Waals surface area contributed by atoms with Crippen LogP contribution in [0.2, 0.25) is 0 Å². The summed E-state index contributed by atoms with van der Waals surface area (Å²) in [6, 6.07) is 0. The lowest BCUT2D eigenvalue weighted by molar-refractivity contribution is -0.123. The van der Waals surface area contributed by atoms with E-state index in [4.69, 9.17) is 5.73 Å². The van der Waals surface area contributed by atoms with Crippen molar-refractivity contribution in [2.75, 3.05) is 6.54 Å². The Hall–Kier alpha value is -1.43. The van der Waals surface area contributed by atoms with Crippen LogP contribution < -0.4 is 11.1 Å². The molecule has 1 amide bonds. The smallest absolute Gasteiger partial charge is 0.242 e. The largest absolute Gasteiger partial charge is 0.348 e. The predicted octanol–water partition coefficient (Wildman–Crippen LogP) is 0.158. The molecule has 17 heavy (non-hydrogen) atoms. The van der Waals surface area contributed by atoms with Crippen molar-refractivity contribution in [3.05, 3.63) is 12.7 Å². The van der Waals surface area contributed by atoms with Crippen LogP contribution in [0.4, 0.5) is 0 Å². The summed E-state index contributed by atoms with van der Waals surface area (Å²) in [4.78, 5) is 15.6. The van der Waals surface area contributed by atoms with E-state index in [-0.39, 0.29) is 18.0 Å². The van der Waals surface area contributed by atoms with Crippen molar-refractivity contribution in [2.45, 2.75) is 39.3 Å².